The van der Waals surface area contributed by atoms with E-state index in [0.29, 0.717) is 6.54 Å². The molecule has 0 bridgehead atoms. The van der Waals surface area contributed by atoms with E-state index < -0.39 is 0 Å². The fourth-order valence-electron chi connectivity index (χ4n) is 2.87. The molecule has 1 heterocycles. The summed E-state index contributed by atoms with van der Waals surface area (Å²) < 4.78 is 0. The SMILES string of the molecule is Cc1ccc2c(c1)-c1nc(-c3cccc(CN)c3)sc1C2. The highest BCUT2D eigenvalue weighted by Crippen LogP contribution is 2.42. The van der Waals surface area contributed by atoms with Crippen molar-refractivity contribution in [1.29, 1.82) is 0 Å². The molecule has 3 aromatic rings. The molecule has 1 aliphatic rings. The third kappa shape index (κ3) is 2.09. The first-order chi connectivity index (χ1) is 10.2. The van der Waals surface area contributed by atoms with Crippen molar-refractivity contribution in [2.45, 2.75) is 19.9 Å². The predicted octanol–water partition coefficient (Wildman–Crippen LogP) is 4.15. The largest absolute Gasteiger partial charge is 0.326 e. The zero-order chi connectivity index (χ0) is 14.4. The maximum Gasteiger partial charge on any atom is 0.124 e. The summed E-state index contributed by atoms with van der Waals surface area (Å²) >= 11 is 1.80. The van der Waals surface area contributed by atoms with Gasteiger partial charge < -0.3 is 5.73 Å². The summed E-state index contributed by atoms with van der Waals surface area (Å²) in [4.78, 5) is 6.28. The van der Waals surface area contributed by atoms with Crippen molar-refractivity contribution in [2.75, 3.05) is 0 Å². The van der Waals surface area contributed by atoms with Crippen LogP contribution >= 0.6 is 11.3 Å². The van der Waals surface area contributed by atoms with Crippen LogP contribution in [0.4, 0.5) is 0 Å². The van der Waals surface area contributed by atoms with E-state index in [-0.39, 0.29) is 0 Å². The molecule has 0 aliphatic heterocycles. The van der Waals surface area contributed by atoms with Gasteiger partial charge in [-0.15, -0.1) is 11.3 Å². The zero-order valence-corrected chi connectivity index (χ0v) is 12.7. The van der Waals surface area contributed by atoms with Gasteiger partial charge in [-0.1, -0.05) is 35.9 Å². The van der Waals surface area contributed by atoms with E-state index in [0.717, 1.165) is 17.0 Å². The Bertz CT molecular complexity index is 833. The first-order valence-electron chi connectivity index (χ1n) is 7.13. The molecule has 4 rings (SSSR count). The second-order valence-electron chi connectivity index (χ2n) is 5.53. The molecule has 0 unspecified atom stereocenters. The normalized spacial score (nSPS) is 12.3. The van der Waals surface area contributed by atoms with Crippen LogP contribution in [-0.2, 0) is 13.0 Å². The average Bonchev–Trinajstić information content (AvgIpc) is 3.05. The standard InChI is InChI=1S/C18H16N2S/c1-11-5-6-13-9-16-17(15(13)7-11)20-18(21-16)14-4-2-3-12(8-14)10-19/h2-8H,9-10,19H2,1H3. The zero-order valence-electron chi connectivity index (χ0n) is 11.9. The highest BCUT2D eigenvalue weighted by Gasteiger charge is 2.23. The van der Waals surface area contributed by atoms with Gasteiger partial charge in [-0.3, -0.25) is 0 Å². The van der Waals surface area contributed by atoms with Crippen molar-refractivity contribution in [2.24, 2.45) is 5.73 Å². The number of benzene rings is 2. The Kier molecular flexibility index (Phi) is 2.91. The first-order valence-corrected chi connectivity index (χ1v) is 7.95. The molecule has 0 saturated carbocycles. The maximum atomic E-state index is 5.73. The molecule has 104 valence electrons. The lowest BCUT2D eigenvalue weighted by atomic mass is 10.1. The Labute approximate surface area is 128 Å². The van der Waals surface area contributed by atoms with Crippen LogP contribution in [0.3, 0.4) is 0 Å². The highest BCUT2D eigenvalue weighted by atomic mass is 32.1. The van der Waals surface area contributed by atoms with Crippen molar-refractivity contribution >= 4 is 11.3 Å². The molecule has 1 aromatic heterocycles. The molecule has 21 heavy (non-hydrogen) atoms. The maximum absolute atomic E-state index is 5.73. The van der Waals surface area contributed by atoms with Crippen LogP contribution in [0.1, 0.15) is 21.6 Å². The third-order valence-corrected chi connectivity index (χ3v) is 5.08. The first kappa shape index (κ1) is 12.7. The second kappa shape index (κ2) is 4.79. The van der Waals surface area contributed by atoms with Crippen molar-refractivity contribution in [3.63, 3.8) is 0 Å². The van der Waals surface area contributed by atoms with E-state index in [9.17, 15) is 0 Å². The van der Waals surface area contributed by atoms with Gasteiger partial charge in [0.2, 0.25) is 0 Å². The topological polar surface area (TPSA) is 38.9 Å². The summed E-state index contributed by atoms with van der Waals surface area (Å²) in [7, 11) is 0. The van der Waals surface area contributed by atoms with Crippen molar-refractivity contribution in [1.82, 2.24) is 4.98 Å². The average molecular weight is 292 g/mol. The van der Waals surface area contributed by atoms with Crippen LogP contribution in [0.2, 0.25) is 0 Å². The van der Waals surface area contributed by atoms with E-state index in [4.69, 9.17) is 10.7 Å². The summed E-state index contributed by atoms with van der Waals surface area (Å²) in [6.07, 6.45) is 1.01. The third-order valence-electron chi connectivity index (χ3n) is 3.98. The Balaban J connectivity index is 1.81. The lowest BCUT2D eigenvalue weighted by molar-refractivity contribution is 1.07. The molecule has 2 nitrogen and oxygen atoms in total. The smallest absolute Gasteiger partial charge is 0.124 e. The van der Waals surface area contributed by atoms with Crippen molar-refractivity contribution < 1.29 is 0 Å². The second-order valence-corrected chi connectivity index (χ2v) is 6.62. The van der Waals surface area contributed by atoms with Gasteiger partial charge in [0, 0.05) is 29.0 Å². The van der Waals surface area contributed by atoms with Gasteiger partial charge in [-0.05, 0) is 30.2 Å². The van der Waals surface area contributed by atoms with Gasteiger partial charge in [0.25, 0.3) is 0 Å². The summed E-state index contributed by atoms with van der Waals surface area (Å²) in [5.74, 6) is 0. The molecule has 0 atom stereocenters. The summed E-state index contributed by atoms with van der Waals surface area (Å²) in [6, 6.07) is 15.0. The number of aryl methyl sites for hydroxylation is 1. The number of hydrogen-bond donors (Lipinski definition) is 1. The van der Waals surface area contributed by atoms with Crippen LogP contribution < -0.4 is 5.73 Å². The number of nitrogens with two attached hydrogens (primary N) is 1. The highest BCUT2D eigenvalue weighted by molar-refractivity contribution is 7.15. The number of nitrogens with zero attached hydrogens (tertiary/aromatic N) is 1. The van der Waals surface area contributed by atoms with Crippen LogP contribution in [0.25, 0.3) is 21.8 Å². The van der Waals surface area contributed by atoms with E-state index in [1.165, 1.54) is 32.8 Å². The lowest BCUT2D eigenvalue weighted by Crippen LogP contribution is -1.95. The Morgan fingerprint density at radius 3 is 2.95 bits per heavy atom. The summed E-state index contributed by atoms with van der Waals surface area (Å²) in [6.45, 7) is 2.71. The fourth-order valence-corrected chi connectivity index (χ4v) is 3.97. The number of aromatic nitrogens is 1. The van der Waals surface area contributed by atoms with Crippen LogP contribution in [0.5, 0.6) is 0 Å². The minimum atomic E-state index is 0.570. The minimum Gasteiger partial charge on any atom is -0.326 e. The lowest BCUT2D eigenvalue weighted by Gasteiger charge is -2.02. The summed E-state index contributed by atoms with van der Waals surface area (Å²) in [5, 5.41) is 1.10. The number of rotatable bonds is 2. The van der Waals surface area contributed by atoms with E-state index in [2.05, 4.69) is 49.4 Å². The van der Waals surface area contributed by atoms with Crippen molar-refractivity contribution in [3.05, 3.63) is 64.0 Å². The van der Waals surface area contributed by atoms with Gasteiger partial charge in [0.15, 0.2) is 0 Å². The molecule has 0 saturated heterocycles. The Morgan fingerprint density at radius 2 is 2.10 bits per heavy atom. The van der Waals surface area contributed by atoms with Gasteiger partial charge in [0.1, 0.15) is 5.01 Å². The molecule has 0 radical (unpaired) electrons. The van der Waals surface area contributed by atoms with Crippen LogP contribution in [0.15, 0.2) is 42.5 Å². The van der Waals surface area contributed by atoms with Crippen LogP contribution in [-0.4, -0.2) is 4.98 Å². The number of hydrogen-bond acceptors (Lipinski definition) is 3. The van der Waals surface area contributed by atoms with Gasteiger partial charge in [0.05, 0.1) is 5.69 Å². The molecular formula is C18H16N2S. The Morgan fingerprint density at radius 1 is 1.19 bits per heavy atom. The molecule has 3 heteroatoms. The molecule has 0 fully saturated rings. The number of thiazole rings is 1. The monoisotopic (exact) mass is 292 g/mol. The molecule has 0 amide bonds. The van der Waals surface area contributed by atoms with Gasteiger partial charge in [-0.2, -0.15) is 0 Å². The number of fused-ring (bicyclic) bond motifs is 3. The van der Waals surface area contributed by atoms with Crippen LogP contribution in [0, 0.1) is 6.92 Å². The predicted molar refractivity (Wildman–Crippen MR) is 88.4 cm³/mol. The molecule has 0 spiro atoms. The molecule has 1 aliphatic carbocycles. The van der Waals surface area contributed by atoms with Crippen molar-refractivity contribution in [3.8, 4) is 21.8 Å². The van der Waals surface area contributed by atoms with E-state index in [1.54, 1.807) is 11.3 Å². The molecule has 2 aromatic carbocycles. The quantitative estimate of drug-likeness (QED) is 0.603. The fraction of sp³-hybridized carbons (Fsp3) is 0.167. The molecular weight excluding hydrogens is 276 g/mol. The van der Waals surface area contributed by atoms with E-state index in [1.807, 2.05) is 0 Å². The molecule has 2 N–H and O–H groups in total. The van der Waals surface area contributed by atoms with E-state index >= 15 is 0 Å². The Hall–Kier alpha value is -1.97. The minimum absolute atomic E-state index is 0.570. The summed E-state index contributed by atoms with van der Waals surface area (Å²) in [5.41, 5.74) is 13.2. The van der Waals surface area contributed by atoms with Gasteiger partial charge >= 0.3 is 0 Å². The van der Waals surface area contributed by atoms with Gasteiger partial charge in [-0.25, -0.2) is 4.98 Å².